The number of rotatable bonds is 1. The summed E-state index contributed by atoms with van der Waals surface area (Å²) in [7, 11) is 0. The van der Waals surface area contributed by atoms with Gasteiger partial charge in [-0.2, -0.15) is 0 Å². The Balaban J connectivity index is 0.000000668. The first kappa shape index (κ1) is 20.8. The number of halogens is 1. The summed E-state index contributed by atoms with van der Waals surface area (Å²) in [5.41, 5.74) is 6.02. The molecule has 0 aliphatic rings. The molecule has 7 rings (SSSR count). The van der Waals surface area contributed by atoms with Crippen molar-refractivity contribution in [2.75, 3.05) is 0 Å². The van der Waals surface area contributed by atoms with Crippen LogP contribution in [-0.4, -0.2) is 9.55 Å². The molecule has 0 aliphatic carbocycles. The topological polar surface area (TPSA) is 20.7 Å². The predicted molar refractivity (Wildman–Crippen MR) is 144 cm³/mol. The third kappa shape index (κ3) is 3.00. The molecule has 2 aromatic heterocycles. The molecule has 2 heterocycles. The molecule has 1 N–H and O–H groups in total. The van der Waals surface area contributed by atoms with E-state index in [1.807, 2.05) is 13.8 Å². The van der Waals surface area contributed by atoms with Crippen LogP contribution in [0, 0.1) is 0 Å². The Bertz CT molecular complexity index is 1710. The molecule has 0 radical (unpaired) electrons. The van der Waals surface area contributed by atoms with Crippen molar-refractivity contribution in [3.8, 4) is 5.69 Å². The monoisotopic (exact) mass is 434 g/mol. The van der Waals surface area contributed by atoms with Crippen LogP contribution in [0.4, 0.5) is 4.70 Å². The Hall–Kier alpha value is -4.11. The molecule has 0 bridgehead atoms. The zero-order valence-electron chi connectivity index (χ0n) is 18.7. The quantitative estimate of drug-likeness (QED) is 0.266. The number of nitrogens with zero attached hydrogens (tertiary/aromatic N) is 1. The van der Waals surface area contributed by atoms with Gasteiger partial charge in [0.1, 0.15) is 0 Å². The van der Waals surface area contributed by atoms with Crippen LogP contribution in [0.25, 0.3) is 60.1 Å². The summed E-state index contributed by atoms with van der Waals surface area (Å²) in [5.74, 6) is 0. The Morgan fingerprint density at radius 2 is 1.15 bits per heavy atom. The van der Waals surface area contributed by atoms with Crippen LogP contribution in [0.2, 0.25) is 0 Å². The van der Waals surface area contributed by atoms with Gasteiger partial charge in [0.2, 0.25) is 0 Å². The van der Waals surface area contributed by atoms with Crippen LogP contribution in [0.3, 0.4) is 0 Å². The van der Waals surface area contributed by atoms with Gasteiger partial charge < -0.3 is 9.55 Å². The maximum atomic E-state index is 3.61. The van der Waals surface area contributed by atoms with E-state index in [1.165, 1.54) is 60.1 Å². The summed E-state index contributed by atoms with van der Waals surface area (Å²) in [4.78, 5) is 3.61. The highest BCUT2D eigenvalue weighted by Crippen LogP contribution is 2.36. The summed E-state index contributed by atoms with van der Waals surface area (Å²) in [6, 6.07) is 37.1. The van der Waals surface area contributed by atoms with E-state index in [4.69, 9.17) is 0 Å². The Morgan fingerprint density at radius 1 is 0.576 bits per heavy atom. The van der Waals surface area contributed by atoms with Gasteiger partial charge in [-0.15, -0.1) is 0 Å². The minimum absolute atomic E-state index is 0. The predicted octanol–water partition coefficient (Wildman–Crippen LogP) is 9.00. The lowest BCUT2D eigenvalue weighted by Gasteiger charge is -2.08. The zero-order valence-corrected chi connectivity index (χ0v) is 18.7. The maximum Gasteiger partial charge on any atom is 0.0541 e. The molecule has 3 heteroatoms. The van der Waals surface area contributed by atoms with Crippen molar-refractivity contribution in [2.24, 2.45) is 0 Å². The van der Waals surface area contributed by atoms with E-state index in [1.54, 1.807) is 0 Å². The molecule has 2 nitrogen and oxygen atoms in total. The molecule has 5 aromatic carbocycles. The minimum Gasteiger partial charge on any atom is -0.354 e. The van der Waals surface area contributed by atoms with Crippen molar-refractivity contribution in [3.05, 3.63) is 103 Å². The summed E-state index contributed by atoms with van der Waals surface area (Å²) < 4.78 is 2.38. The van der Waals surface area contributed by atoms with Crippen LogP contribution in [0.5, 0.6) is 0 Å². The van der Waals surface area contributed by atoms with Crippen LogP contribution in [-0.2, 0) is 0 Å². The standard InChI is InChI=1S/C28H18N2.C2H6.FH.H2/c1-2-8-20-18(7-1)13-15-25-28(20)23-17-19(14-16-24(23)29-25)30-26-11-5-3-9-21(26)22-10-4-6-12-27(22)30;1-2;;/h1-17,29H;1-2H3;2*1H. The van der Waals surface area contributed by atoms with Gasteiger partial charge in [0.15, 0.2) is 0 Å². The van der Waals surface area contributed by atoms with E-state index in [9.17, 15) is 0 Å². The van der Waals surface area contributed by atoms with Gasteiger partial charge in [-0.3, -0.25) is 4.70 Å². The number of H-pyrrole nitrogens is 1. The molecule has 0 aliphatic heterocycles. The average molecular weight is 435 g/mol. The fourth-order valence-corrected chi connectivity index (χ4v) is 5.00. The molecular weight excluding hydrogens is 407 g/mol. The molecule has 0 unspecified atom stereocenters. The van der Waals surface area contributed by atoms with Gasteiger partial charge in [-0.25, -0.2) is 0 Å². The lowest BCUT2D eigenvalue weighted by Crippen LogP contribution is -1.93. The van der Waals surface area contributed by atoms with Gasteiger partial charge in [-0.05, 0) is 47.2 Å². The molecule has 0 saturated carbocycles. The fourth-order valence-electron chi connectivity index (χ4n) is 5.00. The average Bonchev–Trinajstić information content (AvgIpc) is 3.41. The van der Waals surface area contributed by atoms with Crippen LogP contribution < -0.4 is 0 Å². The number of hydrogen-bond donors (Lipinski definition) is 1. The Morgan fingerprint density at radius 3 is 1.85 bits per heavy atom. The highest BCUT2D eigenvalue weighted by atomic mass is 19.0. The Kier molecular flexibility index (Phi) is 5.10. The first-order valence-corrected chi connectivity index (χ1v) is 11.3. The summed E-state index contributed by atoms with van der Waals surface area (Å²) >= 11 is 0. The first-order valence-electron chi connectivity index (χ1n) is 11.3. The normalized spacial score (nSPS) is 11.1. The van der Waals surface area contributed by atoms with Gasteiger partial charge in [0.25, 0.3) is 0 Å². The van der Waals surface area contributed by atoms with Gasteiger partial charge in [-0.1, -0.05) is 80.6 Å². The number of nitrogens with one attached hydrogen (secondary N) is 1. The third-order valence-corrected chi connectivity index (χ3v) is 6.31. The van der Waals surface area contributed by atoms with Crippen molar-refractivity contribution < 1.29 is 6.13 Å². The number of aromatic nitrogens is 2. The number of benzene rings is 5. The van der Waals surface area contributed by atoms with Crippen molar-refractivity contribution in [1.82, 2.24) is 9.55 Å². The molecular formula is C30H27FN2. The number of aromatic amines is 1. The first-order chi connectivity index (χ1) is 15.9. The number of hydrogen-bond acceptors (Lipinski definition) is 0. The van der Waals surface area contributed by atoms with Crippen LogP contribution in [0.15, 0.2) is 103 Å². The lowest BCUT2D eigenvalue weighted by atomic mass is 10.0. The molecule has 164 valence electrons. The summed E-state index contributed by atoms with van der Waals surface area (Å²) in [5, 5.41) is 7.70. The second-order valence-corrected chi connectivity index (χ2v) is 7.93. The molecule has 0 fully saturated rings. The zero-order chi connectivity index (χ0) is 21.7. The van der Waals surface area contributed by atoms with Gasteiger partial charge in [0, 0.05) is 39.7 Å². The van der Waals surface area contributed by atoms with E-state index in [-0.39, 0.29) is 6.13 Å². The SMILES string of the molecule is CC.F.[HH].c1ccc2c(c1)ccc1[nH]c3ccc(-n4c5ccccc5c5ccccc54)cc3c12. The third-order valence-electron chi connectivity index (χ3n) is 6.31. The summed E-state index contributed by atoms with van der Waals surface area (Å²) in [6.07, 6.45) is 0. The van der Waals surface area contributed by atoms with Crippen LogP contribution >= 0.6 is 0 Å². The summed E-state index contributed by atoms with van der Waals surface area (Å²) in [6.45, 7) is 4.00. The van der Waals surface area contributed by atoms with Gasteiger partial charge in [0.05, 0.1) is 11.0 Å². The molecule has 0 amide bonds. The number of para-hydroxylation sites is 2. The second-order valence-electron chi connectivity index (χ2n) is 7.93. The van der Waals surface area contributed by atoms with Crippen molar-refractivity contribution in [2.45, 2.75) is 13.8 Å². The smallest absolute Gasteiger partial charge is 0.0541 e. The van der Waals surface area contributed by atoms with Crippen molar-refractivity contribution >= 4 is 54.4 Å². The van der Waals surface area contributed by atoms with Crippen LogP contribution in [0.1, 0.15) is 15.3 Å². The highest BCUT2D eigenvalue weighted by Gasteiger charge is 2.14. The van der Waals surface area contributed by atoms with Crippen molar-refractivity contribution in [3.63, 3.8) is 0 Å². The molecule has 0 spiro atoms. The lowest BCUT2D eigenvalue weighted by molar-refractivity contribution is 1.11. The molecule has 0 saturated heterocycles. The molecule has 7 aromatic rings. The van der Waals surface area contributed by atoms with E-state index in [0.717, 1.165) is 0 Å². The number of fused-ring (bicyclic) bond motifs is 8. The van der Waals surface area contributed by atoms with Gasteiger partial charge >= 0.3 is 0 Å². The maximum absolute atomic E-state index is 3.61. The second kappa shape index (κ2) is 8.10. The Labute approximate surface area is 192 Å². The van der Waals surface area contributed by atoms with Crippen molar-refractivity contribution in [1.29, 1.82) is 0 Å². The molecule has 33 heavy (non-hydrogen) atoms. The fraction of sp³-hybridized carbons (Fsp3) is 0.0667. The highest BCUT2D eigenvalue weighted by molar-refractivity contribution is 6.20. The van der Waals surface area contributed by atoms with E-state index in [2.05, 4.69) is 113 Å². The van der Waals surface area contributed by atoms with E-state index < -0.39 is 0 Å². The van der Waals surface area contributed by atoms with E-state index in [0.29, 0.717) is 0 Å². The minimum atomic E-state index is 0. The van der Waals surface area contributed by atoms with E-state index >= 15 is 0 Å². The molecule has 0 atom stereocenters. The largest absolute Gasteiger partial charge is 0.354 e.